The molecule has 0 fully saturated rings. The van der Waals surface area contributed by atoms with Crippen molar-refractivity contribution in [3.63, 3.8) is 0 Å². The molecule has 0 bridgehead atoms. The molecule has 1 rings (SSSR count). The van der Waals surface area contributed by atoms with Crippen molar-refractivity contribution in [1.82, 2.24) is 16.0 Å². The van der Waals surface area contributed by atoms with E-state index in [4.69, 9.17) is 5.73 Å². The van der Waals surface area contributed by atoms with E-state index in [1.54, 1.807) is 0 Å². The van der Waals surface area contributed by atoms with Gasteiger partial charge in [-0.05, 0) is 18.4 Å². The van der Waals surface area contributed by atoms with Gasteiger partial charge < -0.3 is 21.7 Å². The van der Waals surface area contributed by atoms with Crippen LogP contribution in [0.15, 0.2) is 30.3 Å². The van der Waals surface area contributed by atoms with Crippen molar-refractivity contribution in [1.29, 1.82) is 0 Å². The molecule has 1 aromatic rings. The highest BCUT2D eigenvalue weighted by Crippen LogP contribution is 2.10. The Hall–Kier alpha value is -2.90. The van der Waals surface area contributed by atoms with E-state index >= 15 is 0 Å². The molecule has 0 spiro atoms. The van der Waals surface area contributed by atoms with Crippen LogP contribution in [0.5, 0.6) is 0 Å². The number of carbonyl (C=O) groups is 4. The Morgan fingerprint density at radius 2 is 1.57 bits per heavy atom. The molecule has 2 unspecified atom stereocenters. The van der Waals surface area contributed by atoms with Crippen LogP contribution in [-0.2, 0) is 25.6 Å². The molecule has 0 saturated carbocycles. The summed E-state index contributed by atoms with van der Waals surface area (Å²) in [7, 11) is 0. The number of carbonyl (C=O) groups excluding carboxylic acids is 4. The van der Waals surface area contributed by atoms with Gasteiger partial charge in [0.05, 0.1) is 0 Å². The fraction of sp³-hybridized carbons (Fsp3) is 0.500. The normalized spacial score (nSPS) is 14.9. The molecule has 4 atom stereocenters. The minimum atomic E-state index is -0.919. The first-order chi connectivity index (χ1) is 13.1. The molecule has 1 aromatic carbocycles. The van der Waals surface area contributed by atoms with Gasteiger partial charge in [-0.25, -0.2) is 0 Å². The second kappa shape index (κ2) is 11.1. The molecule has 0 aromatic heterocycles. The maximum atomic E-state index is 12.8. The van der Waals surface area contributed by atoms with Crippen molar-refractivity contribution in [3.05, 3.63) is 35.9 Å². The number of benzene rings is 1. The molecule has 0 aliphatic heterocycles. The van der Waals surface area contributed by atoms with Crippen molar-refractivity contribution in [3.8, 4) is 0 Å². The number of hydrogen-bond donors (Lipinski definition) is 4. The zero-order chi connectivity index (χ0) is 21.3. The lowest BCUT2D eigenvalue weighted by Gasteiger charge is -2.26. The summed E-state index contributed by atoms with van der Waals surface area (Å²) in [6.07, 6.45) is 0.907. The summed E-state index contributed by atoms with van der Waals surface area (Å²) < 4.78 is 0. The minimum absolute atomic E-state index is 0.117. The molecular formula is C20H30N4O4. The van der Waals surface area contributed by atoms with Crippen LogP contribution < -0.4 is 21.7 Å². The number of nitrogens with one attached hydrogen (secondary N) is 3. The lowest BCUT2D eigenvalue weighted by atomic mass is 9.97. The van der Waals surface area contributed by atoms with Gasteiger partial charge in [0.25, 0.3) is 0 Å². The summed E-state index contributed by atoms with van der Waals surface area (Å²) in [5.74, 6) is -2.09. The topological polar surface area (TPSA) is 130 Å². The maximum Gasteiger partial charge on any atom is 0.243 e. The Morgan fingerprint density at radius 3 is 2.07 bits per heavy atom. The number of rotatable bonds is 10. The van der Waals surface area contributed by atoms with E-state index in [1.807, 2.05) is 44.2 Å². The second-order valence-electron chi connectivity index (χ2n) is 6.95. The van der Waals surface area contributed by atoms with Gasteiger partial charge in [0.1, 0.15) is 18.1 Å². The van der Waals surface area contributed by atoms with Crippen LogP contribution in [0.2, 0.25) is 0 Å². The highest BCUT2D eigenvalue weighted by atomic mass is 16.2. The fourth-order valence-corrected chi connectivity index (χ4v) is 2.63. The average Bonchev–Trinajstić information content (AvgIpc) is 2.65. The zero-order valence-corrected chi connectivity index (χ0v) is 16.8. The van der Waals surface area contributed by atoms with Crippen LogP contribution in [0, 0.1) is 5.92 Å². The summed E-state index contributed by atoms with van der Waals surface area (Å²) in [4.78, 5) is 48.2. The molecule has 28 heavy (non-hydrogen) atoms. The van der Waals surface area contributed by atoms with E-state index < -0.39 is 35.8 Å². The molecule has 0 saturated heterocycles. The zero-order valence-electron chi connectivity index (χ0n) is 16.8. The molecule has 5 N–H and O–H groups in total. The van der Waals surface area contributed by atoms with Crippen molar-refractivity contribution < 1.29 is 19.2 Å². The highest BCUT2D eigenvalue weighted by Gasteiger charge is 2.30. The second-order valence-corrected chi connectivity index (χ2v) is 6.95. The van der Waals surface area contributed by atoms with Gasteiger partial charge in [-0.2, -0.15) is 0 Å². The first kappa shape index (κ1) is 23.1. The average molecular weight is 390 g/mol. The molecule has 0 radical (unpaired) electrons. The third kappa shape index (κ3) is 7.38. The predicted octanol–water partition coefficient (Wildman–Crippen LogP) is 0.255. The maximum absolute atomic E-state index is 12.8. The SMILES string of the molecule is CC[C@H](C)[C@H](NC(C)=O)C(=O)NC(Cc1ccccc1)C(=O)NC(C)C(N)=O. The standard InChI is InChI=1S/C20H30N4O4/c1-5-12(2)17(23-14(4)25)20(28)24-16(11-15-9-7-6-8-10-15)19(27)22-13(3)18(21)26/h6-10,12-13,16-17H,5,11H2,1-4H3,(H2,21,26)(H,22,27)(H,23,25)(H,24,28)/t12-,13?,16?,17-/m0/s1. The number of nitrogens with two attached hydrogens (primary N) is 1. The van der Waals surface area contributed by atoms with Crippen molar-refractivity contribution in [2.75, 3.05) is 0 Å². The summed E-state index contributed by atoms with van der Waals surface area (Å²) in [6, 6.07) is 6.63. The molecule has 0 aliphatic carbocycles. The summed E-state index contributed by atoms with van der Waals surface area (Å²) in [5.41, 5.74) is 6.05. The van der Waals surface area contributed by atoms with E-state index in [2.05, 4.69) is 16.0 Å². The Balaban J connectivity index is 3.01. The van der Waals surface area contributed by atoms with Crippen LogP contribution in [0.4, 0.5) is 0 Å². The smallest absolute Gasteiger partial charge is 0.243 e. The predicted molar refractivity (Wildman–Crippen MR) is 106 cm³/mol. The van der Waals surface area contributed by atoms with Gasteiger partial charge in [0.15, 0.2) is 0 Å². The van der Waals surface area contributed by atoms with Gasteiger partial charge in [0, 0.05) is 13.3 Å². The highest BCUT2D eigenvalue weighted by molar-refractivity contribution is 5.94. The molecule has 4 amide bonds. The van der Waals surface area contributed by atoms with E-state index in [-0.39, 0.29) is 18.2 Å². The third-order valence-corrected chi connectivity index (χ3v) is 4.56. The van der Waals surface area contributed by atoms with Gasteiger partial charge in [-0.15, -0.1) is 0 Å². The van der Waals surface area contributed by atoms with Gasteiger partial charge in [0.2, 0.25) is 23.6 Å². The Bertz CT molecular complexity index is 693. The van der Waals surface area contributed by atoms with Gasteiger partial charge in [-0.3, -0.25) is 19.2 Å². The Labute approximate surface area is 165 Å². The fourth-order valence-electron chi connectivity index (χ4n) is 2.63. The van der Waals surface area contributed by atoms with Crippen LogP contribution >= 0.6 is 0 Å². The number of primary amides is 1. The first-order valence-corrected chi connectivity index (χ1v) is 9.36. The van der Waals surface area contributed by atoms with Gasteiger partial charge >= 0.3 is 0 Å². The van der Waals surface area contributed by atoms with Crippen LogP contribution in [0.25, 0.3) is 0 Å². The quantitative estimate of drug-likeness (QED) is 0.456. The summed E-state index contributed by atoms with van der Waals surface area (Å²) >= 11 is 0. The van der Waals surface area contributed by atoms with Crippen molar-refractivity contribution >= 4 is 23.6 Å². The monoisotopic (exact) mass is 390 g/mol. The molecule has 0 heterocycles. The van der Waals surface area contributed by atoms with E-state index in [0.717, 1.165) is 5.56 Å². The van der Waals surface area contributed by atoms with Crippen LogP contribution in [0.1, 0.15) is 39.7 Å². The lowest BCUT2D eigenvalue weighted by molar-refractivity contribution is -0.133. The molecule has 8 nitrogen and oxygen atoms in total. The Morgan fingerprint density at radius 1 is 0.964 bits per heavy atom. The van der Waals surface area contributed by atoms with Crippen molar-refractivity contribution in [2.24, 2.45) is 11.7 Å². The molecule has 8 heteroatoms. The van der Waals surface area contributed by atoms with Gasteiger partial charge in [-0.1, -0.05) is 50.6 Å². The molecule has 154 valence electrons. The van der Waals surface area contributed by atoms with E-state index in [9.17, 15) is 19.2 Å². The number of amides is 4. The molecule has 0 aliphatic rings. The first-order valence-electron chi connectivity index (χ1n) is 9.36. The minimum Gasteiger partial charge on any atom is -0.368 e. The van der Waals surface area contributed by atoms with Crippen molar-refractivity contribution in [2.45, 2.75) is 58.7 Å². The Kier molecular flexibility index (Phi) is 9.14. The van der Waals surface area contributed by atoms with Crippen LogP contribution in [-0.4, -0.2) is 41.8 Å². The lowest BCUT2D eigenvalue weighted by Crippen LogP contribution is -2.57. The summed E-state index contributed by atoms with van der Waals surface area (Å²) in [6.45, 7) is 6.57. The largest absolute Gasteiger partial charge is 0.368 e. The van der Waals surface area contributed by atoms with E-state index in [1.165, 1.54) is 13.8 Å². The number of hydrogen-bond acceptors (Lipinski definition) is 4. The third-order valence-electron chi connectivity index (χ3n) is 4.56. The summed E-state index contributed by atoms with van der Waals surface area (Å²) in [5, 5.41) is 7.87. The van der Waals surface area contributed by atoms with E-state index in [0.29, 0.717) is 6.42 Å². The molecular weight excluding hydrogens is 360 g/mol. The van der Waals surface area contributed by atoms with Crippen LogP contribution in [0.3, 0.4) is 0 Å².